The minimum Gasteiger partial charge on any atom is -0.334 e. The van der Waals surface area contributed by atoms with Gasteiger partial charge >= 0.3 is 0 Å². The predicted octanol–water partition coefficient (Wildman–Crippen LogP) is 5.07. The van der Waals surface area contributed by atoms with Crippen molar-refractivity contribution in [2.45, 2.75) is 18.2 Å². The van der Waals surface area contributed by atoms with Crippen LogP contribution in [0.2, 0.25) is 5.02 Å². The van der Waals surface area contributed by atoms with Gasteiger partial charge < -0.3 is 4.90 Å². The van der Waals surface area contributed by atoms with E-state index in [0.29, 0.717) is 27.6 Å². The highest BCUT2D eigenvalue weighted by Gasteiger charge is 2.39. The van der Waals surface area contributed by atoms with E-state index in [9.17, 15) is 4.79 Å². The number of anilines is 1. The molecule has 5 rings (SSSR count). The number of fused-ring (bicyclic) bond motifs is 1. The standard InChI is InChI=1S/C22H19ClN6OS2/c1-2-28-16-12-15(23)8-9-17(16)31-20(28)18-19(30)29(11-10-14-6-4-3-5-7-14)22(32-18)26-21-24-13-25-27-21/h3-9,12-13H,2,10-11H2,1H3,(H,24,25,27)/b20-18-,26-22?. The maximum Gasteiger partial charge on any atom is 0.269 e. The van der Waals surface area contributed by atoms with Crippen LogP contribution in [-0.2, 0) is 11.2 Å². The first kappa shape index (κ1) is 21.1. The number of carbonyl (C=O) groups excluding carboxylic acids is 1. The van der Waals surface area contributed by atoms with Gasteiger partial charge in [0.05, 0.1) is 5.69 Å². The number of nitrogens with one attached hydrogen (secondary N) is 1. The van der Waals surface area contributed by atoms with Crippen LogP contribution >= 0.6 is 35.1 Å². The van der Waals surface area contributed by atoms with E-state index in [1.165, 1.54) is 18.1 Å². The monoisotopic (exact) mass is 482 g/mol. The second-order valence-electron chi connectivity index (χ2n) is 7.09. The first-order valence-corrected chi connectivity index (χ1v) is 12.1. The number of thioether (sulfide) groups is 2. The van der Waals surface area contributed by atoms with Crippen molar-refractivity contribution in [2.75, 3.05) is 18.0 Å². The average Bonchev–Trinajstić information content (AvgIpc) is 3.51. The Bertz CT molecular complexity index is 1210. The Morgan fingerprint density at radius 2 is 1.97 bits per heavy atom. The Balaban J connectivity index is 1.50. The number of hydrogen-bond acceptors (Lipinski definition) is 7. The molecule has 1 fully saturated rings. The summed E-state index contributed by atoms with van der Waals surface area (Å²) in [7, 11) is 0. The van der Waals surface area contributed by atoms with Crippen LogP contribution in [0.1, 0.15) is 12.5 Å². The molecule has 0 atom stereocenters. The molecule has 1 amide bonds. The van der Waals surface area contributed by atoms with Crippen molar-refractivity contribution in [3.05, 3.63) is 75.4 Å². The van der Waals surface area contributed by atoms with Crippen molar-refractivity contribution >= 4 is 57.8 Å². The van der Waals surface area contributed by atoms with Gasteiger partial charge in [0.2, 0.25) is 5.95 Å². The summed E-state index contributed by atoms with van der Waals surface area (Å²) in [4.78, 5) is 27.9. The SMILES string of the molecule is CCN1/C(=C2/SC(=Nc3ncn[nH]3)N(CCc3ccccc3)C2=O)Sc2ccc(Cl)cc21. The van der Waals surface area contributed by atoms with Crippen LogP contribution in [-0.4, -0.2) is 44.2 Å². The number of H-pyrrole nitrogens is 1. The lowest BCUT2D eigenvalue weighted by atomic mass is 10.1. The zero-order valence-corrected chi connectivity index (χ0v) is 19.5. The van der Waals surface area contributed by atoms with Gasteiger partial charge in [-0.2, -0.15) is 15.1 Å². The Hall–Kier alpha value is -2.75. The zero-order valence-electron chi connectivity index (χ0n) is 17.2. The minimum atomic E-state index is -0.0518. The van der Waals surface area contributed by atoms with Crippen LogP contribution in [0.4, 0.5) is 11.6 Å². The molecule has 10 heteroatoms. The molecule has 2 aliphatic heterocycles. The van der Waals surface area contributed by atoms with Crippen molar-refractivity contribution in [3.8, 4) is 0 Å². The zero-order chi connectivity index (χ0) is 22.1. The number of halogens is 1. The van der Waals surface area contributed by atoms with E-state index in [0.717, 1.165) is 34.1 Å². The highest BCUT2D eigenvalue weighted by atomic mass is 35.5. The van der Waals surface area contributed by atoms with E-state index in [4.69, 9.17) is 11.6 Å². The quantitative estimate of drug-likeness (QED) is 0.512. The average molecular weight is 483 g/mol. The summed E-state index contributed by atoms with van der Waals surface area (Å²) < 4.78 is 0. The van der Waals surface area contributed by atoms with E-state index >= 15 is 0 Å². The van der Waals surface area contributed by atoms with E-state index < -0.39 is 0 Å². The lowest BCUT2D eigenvalue weighted by Crippen LogP contribution is -2.32. The van der Waals surface area contributed by atoms with E-state index in [2.05, 4.69) is 44.1 Å². The molecule has 3 heterocycles. The first-order chi connectivity index (χ1) is 15.6. The van der Waals surface area contributed by atoms with Gasteiger partial charge in [0.15, 0.2) is 5.17 Å². The van der Waals surface area contributed by atoms with Gasteiger partial charge in [-0.3, -0.25) is 9.69 Å². The van der Waals surface area contributed by atoms with E-state index in [1.807, 2.05) is 36.4 Å². The maximum absolute atomic E-state index is 13.6. The Labute approximate surface area is 199 Å². The van der Waals surface area contributed by atoms with Crippen molar-refractivity contribution in [3.63, 3.8) is 0 Å². The Kier molecular flexibility index (Phi) is 5.95. The van der Waals surface area contributed by atoms with Gasteiger partial charge in [-0.1, -0.05) is 53.7 Å². The number of aromatic nitrogens is 3. The van der Waals surface area contributed by atoms with Crippen molar-refractivity contribution in [1.29, 1.82) is 0 Å². The molecule has 7 nitrogen and oxygen atoms in total. The Morgan fingerprint density at radius 1 is 1.12 bits per heavy atom. The summed E-state index contributed by atoms with van der Waals surface area (Å²) in [6, 6.07) is 15.9. The summed E-state index contributed by atoms with van der Waals surface area (Å²) in [6.07, 6.45) is 2.13. The van der Waals surface area contributed by atoms with Crippen LogP contribution in [0.5, 0.6) is 0 Å². The summed E-state index contributed by atoms with van der Waals surface area (Å²) in [5.41, 5.74) is 2.19. The third-order valence-electron chi connectivity index (χ3n) is 5.11. The number of benzene rings is 2. The molecular formula is C22H19ClN6OS2. The summed E-state index contributed by atoms with van der Waals surface area (Å²) >= 11 is 9.21. The van der Waals surface area contributed by atoms with Crippen molar-refractivity contribution < 1.29 is 4.79 Å². The summed E-state index contributed by atoms with van der Waals surface area (Å²) in [6.45, 7) is 3.32. The molecule has 0 aliphatic carbocycles. The number of rotatable bonds is 5. The molecule has 0 bridgehead atoms. The molecule has 1 aromatic heterocycles. The third kappa shape index (κ3) is 4.03. The van der Waals surface area contributed by atoms with E-state index in [1.54, 1.807) is 16.7 Å². The van der Waals surface area contributed by atoms with Gasteiger partial charge in [-0.05, 0) is 48.9 Å². The van der Waals surface area contributed by atoms with Crippen molar-refractivity contribution in [1.82, 2.24) is 20.1 Å². The van der Waals surface area contributed by atoms with Gasteiger partial charge in [-0.25, -0.2) is 5.10 Å². The largest absolute Gasteiger partial charge is 0.334 e. The number of amides is 1. The molecule has 2 aromatic carbocycles. The number of hydrogen-bond donors (Lipinski definition) is 1. The normalized spacial score (nSPS) is 19.3. The maximum atomic E-state index is 13.6. The smallest absolute Gasteiger partial charge is 0.269 e. The molecule has 0 radical (unpaired) electrons. The van der Waals surface area contributed by atoms with Crippen molar-refractivity contribution in [2.24, 2.45) is 4.99 Å². The molecular weight excluding hydrogens is 464 g/mol. The second-order valence-corrected chi connectivity index (χ2v) is 9.54. The predicted molar refractivity (Wildman–Crippen MR) is 130 cm³/mol. The van der Waals surface area contributed by atoms with Crippen LogP contribution < -0.4 is 4.90 Å². The molecule has 0 spiro atoms. The van der Waals surface area contributed by atoms with Crippen LogP contribution in [0, 0.1) is 0 Å². The Morgan fingerprint density at radius 3 is 2.72 bits per heavy atom. The minimum absolute atomic E-state index is 0.0518. The van der Waals surface area contributed by atoms with E-state index in [-0.39, 0.29) is 5.91 Å². The topological polar surface area (TPSA) is 77.5 Å². The van der Waals surface area contributed by atoms with Gasteiger partial charge in [0.25, 0.3) is 5.91 Å². The van der Waals surface area contributed by atoms with Gasteiger partial charge in [0.1, 0.15) is 16.3 Å². The number of aliphatic imine (C=N–C) groups is 1. The molecule has 1 N–H and O–H groups in total. The van der Waals surface area contributed by atoms with Crippen LogP contribution in [0.25, 0.3) is 0 Å². The number of amidine groups is 1. The lowest BCUT2D eigenvalue weighted by molar-refractivity contribution is -0.122. The van der Waals surface area contributed by atoms with Crippen LogP contribution in [0.3, 0.4) is 0 Å². The highest BCUT2D eigenvalue weighted by Crippen LogP contribution is 2.51. The molecule has 162 valence electrons. The van der Waals surface area contributed by atoms with Gasteiger partial charge in [-0.15, -0.1) is 0 Å². The third-order valence-corrected chi connectivity index (χ3v) is 7.72. The molecule has 2 aliphatic rings. The number of carbonyl (C=O) groups is 1. The molecule has 32 heavy (non-hydrogen) atoms. The number of nitrogens with zero attached hydrogens (tertiary/aromatic N) is 5. The molecule has 0 saturated carbocycles. The fourth-order valence-electron chi connectivity index (χ4n) is 3.58. The summed E-state index contributed by atoms with van der Waals surface area (Å²) in [5.74, 6) is 0.321. The molecule has 0 unspecified atom stereocenters. The lowest BCUT2D eigenvalue weighted by Gasteiger charge is -2.19. The highest BCUT2D eigenvalue weighted by molar-refractivity contribution is 8.19. The fourth-order valence-corrected chi connectivity index (χ4v) is 6.13. The number of aromatic amines is 1. The fraction of sp³-hybridized carbons (Fsp3) is 0.182. The first-order valence-electron chi connectivity index (χ1n) is 10.1. The molecule has 3 aromatic rings. The molecule has 1 saturated heterocycles. The van der Waals surface area contributed by atoms with Gasteiger partial charge in [0, 0.05) is 23.0 Å². The second kappa shape index (κ2) is 9.01. The summed E-state index contributed by atoms with van der Waals surface area (Å²) in [5, 5.41) is 8.80. The van der Waals surface area contributed by atoms with Crippen LogP contribution in [0.15, 0.2) is 74.7 Å².